The Balaban J connectivity index is 3.01. The van der Waals surface area contributed by atoms with Crippen LogP contribution in [0.1, 0.15) is 56.1 Å². The monoisotopic (exact) mass is 278 g/mol. The highest BCUT2D eigenvalue weighted by Gasteiger charge is 2.29. The molecule has 0 heterocycles. The Morgan fingerprint density at radius 1 is 1.15 bits per heavy atom. The van der Waals surface area contributed by atoms with E-state index in [0.717, 1.165) is 22.3 Å². The number of hydrogen-bond donors (Lipinski definition) is 1. The van der Waals surface area contributed by atoms with Crippen LogP contribution in [-0.4, -0.2) is 16.7 Å². The lowest BCUT2D eigenvalue weighted by atomic mass is 9.89. The predicted octanol–water partition coefficient (Wildman–Crippen LogP) is 3.62. The lowest BCUT2D eigenvalue weighted by Gasteiger charge is -2.26. The molecule has 0 aromatic heterocycles. The molecule has 0 fully saturated rings. The van der Waals surface area contributed by atoms with E-state index in [1.54, 1.807) is 6.92 Å². The molecule has 0 aliphatic heterocycles. The van der Waals surface area contributed by atoms with Crippen molar-refractivity contribution in [2.24, 2.45) is 5.92 Å². The van der Waals surface area contributed by atoms with E-state index < -0.39 is 17.6 Å². The van der Waals surface area contributed by atoms with Crippen molar-refractivity contribution in [3.8, 4) is 0 Å². The predicted molar refractivity (Wildman–Crippen MR) is 80.6 cm³/mol. The summed E-state index contributed by atoms with van der Waals surface area (Å²) in [5.41, 5.74) is 3.45. The standard InChI is InChI=1S/C17H26O3/c1-10-8-11(2)14(12(3)9-10)15(18)13(4)16(19)20-17(5,6)7/h8-9,13,15,18H,1-7H3. The second kappa shape index (κ2) is 5.96. The van der Waals surface area contributed by atoms with Crippen molar-refractivity contribution in [3.05, 3.63) is 34.4 Å². The molecule has 1 rings (SSSR count). The lowest BCUT2D eigenvalue weighted by molar-refractivity contribution is -0.163. The second-order valence-electron chi connectivity index (χ2n) is 6.58. The van der Waals surface area contributed by atoms with E-state index in [-0.39, 0.29) is 5.97 Å². The molecule has 1 aromatic rings. The lowest BCUT2D eigenvalue weighted by Crippen LogP contribution is -2.30. The zero-order valence-electron chi connectivity index (χ0n) is 13.6. The van der Waals surface area contributed by atoms with Crippen molar-refractivity contribution >= 4 is 5.97 Å². The molecule has 2 atom stereocenters. The first-order valence-electron chi connectivity index (χ1n) is 7.01. The topological polar surface area (TPSA) is 46.5 Å². The third-order valence-corrected chi connectivity index (χ3v) is 3.29. The van der Waals surface area contributed by atoms with Crippen LogP contribution >= 0.6 is 0 Å². The molecular formula is C17H26O3. The molecule has 0 aliphatic carbocycles. The summed E-state index contributed by atoms with van der Waals surface area (Å²) >= 11 is 0. The summed E-state index contributed by atoms with van der Waals surface area (Å²) in [4.78, 5) is 12.1. The summed E-state index contributed by atoms with van der Waals surface area (Å²) in [5, 5.41) is 10.5. The van der Waals surface area contributed by atoms with Crippen LogP contribution in [0.2, 0.25) is 0 Å². The van der Waals surface area contributed by atoms with Gasteiger partial charge in [0.05, 0.1) is 12.0 Å². The van der Waals surface area contributed by atoms with Gasteiger partial charge in [0.25, 0.3) is 0 Å². The number of aliphatic hydroxyl groups is 1. The Hall–Kier alpha value is -1.35. The molecule has 2 unspecified atom stereocenters. The fourth-order valence-electron chi connectivity index (χ4n) is 2.43. The van der Waals surface area contributed by atoms with Crippen LogP contribution in [0.4, 0.5) is 0 Å². The summed E-state index contributed by atoms with van der Waals surface area (Å²) in [5.74, 6) is -0.960. The third-order valence-electron chi connectivity index (χ3n) is 3.29. The number of carbonyl (C=O) groups excluding carboxylic acids is 1. The summed E-state index contributed by atoms with van der Waals surface area (Å²) in [6.07, 6.45) is -0.842. The van der Waals surface area contributed by atoms with Crippen molar-refractivity contribution in [3.63, 3.8) is 0 Å². The Kier molecular flexibility index (Phi) is 4.98. The van der Waals surface area contributed by atoms with Crippen LogP contribution in [-0.2, 0) is 9.53 Å². The summed E-state index contributed by atoms with van der Waals surface area (Å²) in [6, 6.07) is 4.04. The minimum Gasteiger partial charge on any atom is -0.460 e. The van der Waals surface area contributed by atoms with Crippen molar-refractivity contribution in [2.75, 3.05) is 0 Å². The summed E-state index contributed by atoms with van der Waals surface area (Å²) in [7, 11) is 0. The number of aliphatic hydroxyl groups excluding tert-OH is 1. The number of carbonyl (C=O) groups is 1. The molecule has 3 nitrogen and oxygen atoms in total. The molecule has 0 amide bonds. The zero-order chi connectivity index (χ0) is 15.7. The van der Waals surface area contributed by atoms with Crippen molar-refractivity contribution < 1.29 is 14.6 Å². The van der Waals surface area contributed by atoms with Crippen LogP contribution < -0.4 is 0 Å². The number of ether oxygens (including phenoxy) is 1. The van der Waals surface area contributed by atoms with Gasteiger partial charge < -0.3 is 9.84 Å². The third kappa shape index (κ3) is 4.07. The molecule has 0 aliphatic rings. The molecule has 3 heteroatoms. The van der Waals surface area contributed by atoms with Gasteiger partial charge in [-0.15, -0.1) is 0 Å². The van der Waals surface area contributed by atoms with Crippen LogP contribution in [0.25, 0.3) is 0 Å². The van der Waals surface area contributed by atoms with Crippen LogP contribution in [0.15, 0.2) is 12.1 Å². The highest BCUT2D eigenvalue weighted by molar-refractivity contribution is 5.73. The Morgan fingerprint density at radius 3 is 2.00 bits per heavy atom. The number of benzene rings is 1. The molecule has 112 valence electrons. The number of esters is 1. The molecule has 0 saturated carbocycles. The maximum Gasteiger partial charge on any atom is 0.312 e. The smallest absolute Gasteiger partial charge is 0.312 e. The van der Waals surface area contributed by atoms with Gasteiger partial charge in [0.1, 0.15) is 5.60 Å². The highest BCUT2D eigenvalue weighted by atomic mass is 16.6. The minimum absolute atomic E-state index is 0.371. The molecule has 0 spiro atoms. The minimum atomic E-state index is -0.842. The fourth-order valence-corrected chi connectivity index (χ4v) is 2.43. The van der Waals surface area contributed by atoms with Crippen LogP contribution in [0, 0.1) is 26.7 Å². The first-order valence-corrected chi connectivity index (χ1v) is 7.01. The SMILES string of the molecule is Cc1cc(C)c(C(O)C(C)C(=O)OC(C)(C)C)c(C)c1. The van der Waals surface area contributed by atoms with E-state index in [4.69, 9.17) is 4.74 Å². The number of rotatable bonds is 3. The van der Waals surface area contributed by atoms with Gasteiger partial charge in [-0.3, -0.25) is 4.79 Å². The summed E-state index contributed by atoms with van der Waals surface area (Å²) in [6.45, 7) is 13.1. The van der Waals surface area contributed by atoms with E-state index >= 15 is 0 Å². The van der Waals surface area contributed by atoms with E-state index in [1.807, 2.05) is 53.7 Å². The molecule has 0 radical (unpaired) electrons. The normalized spacial score (nSPS) is 14.8. The van der Waals surface area contributed by atoms with Crippen molar-refractivity contribution in [2.45, 2.75) is 60.2 Å². The second-order valence-corrected chi connectivity index (χ2v) is 6.58. The molecule has 1 N–H and O–H groups in total. The van der Waals surface area contributed by atoms with Gasteiger partial charge in [0.2, 0.25) is 0 Å². The Bertz CT molecular complexity index is 474. The van der Waals surface area contributed by atoms with Gasteiger partial charge in [-0.05, 0) is 65.2 Å². The van der Waals surface area contributed by atoms with Crippen molar-refractivity contribution in [1.29, 1.82) is 0 Å². The Labute approximate surface area is 122 Å². The van der Waals surface area contributed by atoms with Gasteiger partial charge in [-0.2, -0.15) is 0 Å². The first kappa shape index (κ1) is 16.7. The van der Waals surface area contributed by atoms with Gasteiger partial charge in [0, 0.05) is 0 Å². The average Bonchev–Trinajstić information content (AvgIpc) is 2.23. The summed E-state index contributed by atoms with van der Waals surface area (Å²) < 4.78 is 5.35. The maximum absolute atomic E-state index is 12.1. The van der Waals surface area contributed by atoms with Gasteiger partial charge in [-0.25, -0.2) is 0 Å². The van der Waals surface area contributed by atoms with Gasteiger partial charge in [0.15, 0.2) is 0 Å². The fraction of sp³-hybridized carbons (Fsp3) is 0.588. The van der Waals surface area contributed by atoms with Gasteiger partial charge >= 0.3 is 5.97 Å². The van der Waals surface area contributed by atoms with Crippen LogP contribution in [0.5, 0.6) is 0 Å². The Morgan fingerprint density at radius 2 is 1.60 bits per heavy atom. The van der Waals surface area contributed by atoms with Crippen LogP contribution in [0.3, 0.4) is 0 Å². The number of hydrogen-bond acceptors (Lipinski definition) is 3. The zero-order valence-corrected chi connectivity index (χ0v) is 13.6. The largest absolute Gasteiger partial charge is 0.460 e. The quantitative estimate of drug-likeness (QED) is 0.859. The van der Waals surface area contributed by atoms with E-state index in [1.165, 1.54) is 0 Å². The molecule has 0 bridgehead atoms. The van der Waals surface area contributed by atoms with E-state index in [2.05, 4.69) is 0 Å². The molecular weight excluding hydrogens is 252 g/mol. The highest BCUT2D eigenvalue weighted by Crippen LogP contribution is 2.30. The van der Waals surface area contributed by atoms with E-state index in [9.17, 15) is 9.90 Å². The molecule has 1 aromatic carbocycles. The molecule has 0 saturated heterocycles. The molecule has 20 heavy (non-hydrogen) atoms. The number of aryl methyl sites for hydroxylation is 3. The van der Waals surface area contributed by atoms with E-state index in [0.29, 0.717) is 0 Å². The van der Waals surface area contributed by atoms with Crippen molar-refractivity contribution in [1.82, 2.24) is 0 Å². The first-order chi connectivity index (χ1) is 9.03. The average molecular weight is 278 g/mol. The maximum atomic E-state index is 12.1. The van der Waals surface area contributed by atoms with Gasteiger partial charge in [-0.1, -0.05) is 17.7 Å².